The largest absolute Gasteiger partial charge is 0.455 e. The van der Waals surface area contributed by atoms with Crippen LogP contribution in [0.25, 0.3) is 22.3 Å². The maximum Gasteiger partial charge on any atom is 0.342 e. The lowest BCUT2D eigenvalue weighted by Crippen LogP contribution is -2.22. The van der Waals surface area contributed by atoms with Gasteiger partial charge in [-0.05, 0) is 43.0 Å². The number of benzene rings is 3. The van der Waals surface area contributed by atoms with E-state index in [0.29, 0.717) is 11.3 Å². The fourth-order valence-corrected chi connectivity index (χ4v) is 4.06. The summed E-state index contributed by atoms with van der Waals surface area (Å²) in [6, 6.07) is 19.8. The fourth-order valence-electron chi connectivity index (χ4n) is 4.06. The van der Waals surface area contributed by atoms with Gasteiger partial charge in [-0.2, -0.15) is 0 Å². The molecule has 0 aliphatic carbocycles. The van der Waals surface area contributed by atoms with Crippen LogP contribution in [0.4, 0.5) is 5.69 Å². The first-order valence-corrected chi connectivity index (χ1v) is 11.5. The number of para-hydroxylation sites is 2. The number of nitrogens with one attached hydrogen (secondary N) is 1. The molecule has 0 bridgehead atoms. The zero-order chi connectivity index (χ0) is 25.1. The molecule has 3 aromatic carbocycles. The summed E-state index contributed by atoms with van der Waals surface area (Å²) in [5, 5.41) is 3.14. The van der Waals surface area contributed by atoms with Crippen LogP contribution in [0.5, 0.6) is 0 Å². The third-order valence-corrected chi connectivity index (χ3v) is 5.93. The van der Waals surface area contributed by atoms with Gasteiger partial charge in [0.1, 0.15) is 11.3 Å². The summed E-state index contributed by atoms with van der Waals surface area (Å²) in [4.78, 5) is 38.6. The lowest BCUT2D eigenvalue weighted by Gasteiger charge is -2.16. The lowest BCUT2D eigenvalue weighted by atomic mass is 9.98. The third-order valence-electron chi connectivity index (χ3n) is 5.93. The van der Waals surface area contributed by atoms with E-state index in [-0.39, 0.29) is 27.9 Å². The highest BCUT2D eigenvalue weighted by molar-refractivity contribution is 6.03. The van der Waals surface area contributed by atoms with Crippen molar-refractivity contribution < 1.29 is 18.7 Å². The van der Waals surface area contributed by atoms with Crippen LogP contribution in [0, 0.1) is 13.8 Å². The van der Waals surface area contributed by atoms with Crippen LogP contribution in [-0.2, 0) is 9.53 Å². The summed E-state index contributed by atoms with van der Waals surface area (Å²) in [6.07, 6.45) is 0. The predicted octanol–water partition coefficient (Wildman–Crippen LogP) is 6.00. The zero-order valence-corrected chi connectivity index (χ0v) is 20.2. The number of hydrogen-bond donors (Lipinski definition) is 1. The van der Waals surface area contributed by atoms with Crippen molar-refractivity contribution in [1.82, 2.24) is 0 Å². The normalized spacial score (nSPS) is 11.0. The van der Waals surface area contributed by atoms with Crippen LogP contribution in [0.2, 0.25) is 0 Å². The summed E-state index contributed by atoms with van der Waals surface area (Å²) in [5.74, 6) is -0.585. The highest BCUT2D eigenvalue weighted by Gasteiger charge is 2.20. The Morgan fingerprint density at radius 2 is 1.66 bits per heavy atom. The summed E-state index contributed by atoms with van der Waals surface area (Å²) < 4.78 is 11.4. The monoisotopic (exact) mass is 469 g/mol. The van der Waals surface area contributed by atoms with E-state index in [1.165, 1.54) is 6.07 Å². The van der Waals surface area contributed by atoms with E-state index in [1.54, 1.807) is 19.1 Å². The molecule has 6 nitrogen and oxygen atoms in total. The minimum atomic E-state index is -0.745. The summed E-state index contributed by atoms with van der Waals surface area (Å²) >= 11 is 0. The van der Waals surface area contributed by atoms with E-state index < -0.39 is 18.5 Å². The molecule has 0 radical (unpaired) electrons. The second kappa shape index (κ2) is 9.97. The molecular formula is C29H27NO5. The minimum absolute atomic E-state index is 0.0864. The van der Waals surface area contributed by atoms with Crippen LogP contribution in [0.1, 0.15) is 46.8 Å². The third kappa shape index (κ3) is 4.87. The molecule has 0 atom stereocenters. The van der Waals surface area contributed by atoms with Crippen molar-refractivity contribution in [2.24, 2.45) is 0 Å². The Hall–Kier alpha value is -4.19. The molecule has 1 heterocycles. The van der Waals surface area contributed by atoms with Crippen molar-refractivity contribution in [1.29, 1.82) is 0 Å². The van der Waals surface area contributed by atoms with E-state index in [2.05, 4.69) is 5.32 Å². The molecule has 35 heavy (non-hydrogen) atoms. The van der Waals surface area contributed by atoms with Crippen LogP contribution >= 0.6 is 0 Å². The average molecular weight is 470 g/mol. The van der Waals surface area contributed by atoms with Crippen molar-refractivity contribution in [3.05, 3.63) is 99.2 Å². The fraction of sp³-hybridized carbons (Fsp3) is 0.207. The number of ether oxygens (including phenoxy) is 1. The summed E-state index contributed by atoms with van der Waals surface area (Å²) in [6.45, 7) is 7.23. The van der Waals surface area contributed by atoms with Gasteiger partial charge in [-0.3, -0.25) is 9.59 Å². The van der Waals surface area contributed by atoms with Crippen LogP contribution < -0.4 is 10.7 Å². The number of carbonyl (C=O) groups is 2. The maximum absolute atomic E-state index is 13.0. The van der Waals surface area contributed by atoms with Gasteiger partial charge < -0.3 is 14.5 Å². The van der Waals surface area contributed by atoms with Gasteiger partial charge in [-0.25, -0.2) is 4.79 Å². The number of anilines is 1. The van der Waals surface area contributed by atoms with Gasteiger partial charge in [0.05, 0.1) is 5.39 Å². The Morgan fingerprint density at radius 1 is 0.943 bits per heavy atom. The quantitative estimate of drug-likeness (QED) is 0.350. The molecule has 0 saturated heterocycles. The summed E-state index contributed by atoms with van der Waals surface area (Å²) in [5.41, 5.74) is 3.83. The molecule has 0 fully saturated rings. The van der Waals surface area contributed by atoms with Crippen molar-refractivity contribution in [2.45, 2.75) is 33.6 Å². The van der Waals surface area contributed by atoms with Crippen molar-refractivity contribution in [3.63, 3.8) is 0 Å². The maximum atomic E-state index is 13.0. The van der Waals surface area contributed by atoms with E-state index >= 15 is 0 Å². The lowest BCUT2D eigenvalue weighted by molar-refractivity contribution is -0.119. The first kappa shape index (κ1) is 24.0. The Bertz CT molecular complexity index is 1470. The molecule has 0 aliphatic rings. The standard InChI is InChI=1S/C29H27NO5/c1-17(2)21-13-8-10-18(3)25(21)30-24(31)16-34-29(33)23-15-9-14-22-26(32)19(4)27(35-28(22)23)20-11-6-5-7-12-20/h5-15,17H,16H2,1-4H3,(H,30,31). The highest BCUT2D eigenvalue weighted by atomic mass is 16.5. The first-order valence-electron chi connectivity index (χ1n) is 11.5. The van der Waals surface area contributed by atoms with Crippen molar-refractivity contribution >= 4 is 28.5 Å². The number of hydrogen-bond acceptors (Lipinski definition) is 5. The molecule has 178 valence electrons. The Balaban J connectivity index is 1.60. The van der Waals surface area contributed by atoms with E-state index in [4.69, 9.17) is 9.15 Å². The molecule has 0 saturated carbocycles. The topological polar surface area (TPSA) is 85.6 Å². The molecule has 1 N–H and O–H groups in total. The zero-order valence-electron chi connectivity index (χ0n) is 20.2. The molecule has 1 amide bonds. The van der Waals surface area contributed by atoms with Gasteiger partial charge in [0.2, 0.25) is 0 Å². The molecule has 1 aromatic heterocycles. The second-order valence-corrected chi connectivity index (χ2v) is 8.75. The Labute approximate surface area is 203 Å². The number of carbonyl (C=O) groups excluding carboxylic acids is 2. The van der Waals surface area contributed by atoms with Crippen LogP contribution in [0.3, 0.4) is 0 Å². The predicted molar refractivity (Wildman–Crippen MR) is 137 cm³/mol. The number of aryl methyl sites for hydroxylation is 1. The molecule has 0 aliphatic heterocycles. The first-order chi connectivity index (χ1) is 16.8. The van der Waals surface area contributed by atoms with Gasteiger partial charge in [-0.15, -0.1) is 0 Å². The molecular weight excluding hydrogens is 442 g/mol. The van der Waals surface area contributed by atoms with Crippen molar-refractivity contribution in [3.8, 4) is 11.3 Å². The molecule has 6 heteroatoms. The van der Waals surface area contributed by atoms with E-state index in [9.17, 15) is 14.4 Å². The van der Waals surface area contributed by atoms with E-state index in [1.807, 2.05) is 69.3 Å². The SMILES string of the molecule is Cc1cccc(C(C)C)c1NC(=O)COC(=O)c1cccc2c(=O)c(C)c(-c3ccccc3)oc12. The number of amides is 1. The Kier molecular flexibility index (Phi) is 6.82. The number of esters is 1. The summed E-state index contributed by atoms with van der Waals surface area (Å²) in [7, 11) is 0. The van der Waals surface area contributed by atoms with Crippen LogP contribution in [-0.4, -0.2) is 18.5 Å². The van der Waals surface area contributed by atoms with Gasteiger partial charge in [0.25, 0.3) is 5.91 Å². The molecule has 0 unspecified atom stereocenters. The molecule has 4 rings (SSSR count). The Morgan fingerprint density at radius 3 is 2.37 bits per heavy atom. The smallest absolute Gasteiger partial charge is 0.342 e. The molecule has 4 aromatic rings. The average Bonchev–Trinajstić information content (AvgIpc) is 2.86. The van der Waals surface area contributed by atoms with Gasteiger partial charge >= 0.3 is 5.97 Å². The van der Waals surface area contributed by atoms with Gasteiger partial charge in [0, 0.05) is 16.8 Å². The molecule has 0 spiro atoms. The number of rotatable bonds is 6. The van der Waals surface area contributed by atoms with Crippen molar-refractivity contribution in [2.75, 3.05) is 11.9 Å². The van der Waals surface area contributed by atoms with E-state index in [0.717, 1.165) is 22.4 Å². The van der Waals surface area contributed by atoms with Crippen LogP contribution in [0.15, 0.2) is 75.9 Å². The van der Waals surface area contributed by atoms with Gasteiger partial charge in [-0.1, -0.05) is 68.4 Å². The second-order valence-electron chi connectivity index (χ2n) is 8.75. The minimum Gasteiger partial charge on any atom is -0.455 e. The highest BCUT2D eigenvalue weighted by Crippen LogP contribution is 2.29. The van der Waals surface area contributed by atoms with Gasteiger partial charge in [0.15, 0.2) is 17.6 Å². The number of fused-ring (bicyclic) bond motifs is 1.